The fourth-order valence-electron chi connectivity index (χ4n) is 2.46. The van der Waals surface area contributed by atoms with Crippen molar-refractivity contribution in [3.63, 3.8) is 0 Å². The van der Waals surface area contributed by atoms with Crippen LogP contribution in [0.25, 0.3) is 0 Å². The van der Waals surface area contributed by atoms with Crippen molar-refractivity contribution in [2.24, 2.45) is 5.84 Å². The van der Waals surface area contributed by atoms with Crippen LogP contribution >= 0.6 is 0 Å². The molecule has 3 N–H and O–H groups in total. The summed E-state index contributed by atoms with van der Waals surface area (Å²) in [5.41, 5.74) is 4.55. The number of hydrogen-bond acceptors (Lipinski definition) is 4. The number of amides is 1. The first-order valence-corrected chi connectivity index (χ1v) is 8.05. The van der Waals surface area contributed by atoms with Crippen molar-refractivity contribution in [2.45, 2.75) is 33.3 Å². The number of benzene rings is 2. The smallest absolute Gasteiger partial charge is 0.265 e. The molecule has 0 unspecified atom stereocenters. The third-order valence-corrected chi connectivity index (χ3v) is 3.68. The highest BCUT2D eigenvalue weighted by Crippen LogP contribution is 2.28. The summed E-state index contributed by atoms with van der Waals surface area (Å²) in [4.78, 5) is 11.7. The van der Waals surface area contributed by atoms with Gasteiger partial charge in [-0.05, 0) is 42.7 Å². The molecule has 0 aliphatic rings. The minimum Gasteiger partial charge on any atom is -0.493 e. The lowest BCUT2D eigenvalue weighted by atomic mass is 10.0. The molecule has 0 radical (unpaired) electrons. The van der Waals surface area contributed by atoms with Gasteiger partial charge in [-0.15, -0.1) is 0 Å². The molecule has 0 aliphatic carbocycles. The maximum absolute atomic E-state index is 11.7. The Bertz CT molecular complexity index is 699. The van der Waals surface area contributed by atoms with Gasteiger partial charge < -0.3 is 9.47 Å². The van der Waals surface area contributed by atoms with Crippen LogP contribution in [0, 0.1) is 0 Å². The van der Waals surface area contributed by atoms with Crippen LogP contribution in [-0.2, 0) is 6.61 Å². The van der Waals surface area contributed by atoms with E-state index in [1.807, 2.05) is 25.1 Å². The maximum Gasteiger partial charge on any atom is 0.265 e. The van der Waals surface area contributed by atoms with Crippen LogP contribution in [0.3, 0.4) is 0 Å². The fourth-order valence-corrected chi connectivity index (χ4v) is 2.46. The Labute approximate surface area is 142 Å². The van der Waals surface area contributed by atoms with E-state index in [0.29, 0.717) is 30.4 Å². The average Bonchev–Trinajstić information content (AvgIpc) is 2.60. The second-order valence-electron chi connectivity index (χ2n) is 5.71. The fraction of sp³-hybridized carbons (Fsp3) is 0.316. The van der Waals surface area contributed by atoms with Gasteiger partial charge in [-0.3, -0.25) is 10.2 Å². The molecule has 0 saturated heterocycles. The Morgan fingerprint density at radius 2 is 1.88 bits per heavy atom. The predicted octanol–water partition coefficient (Wildman–Crippen LogP) is 3.39. The number of nitrogens with two attached hydrogens (primary N) is 1. The summed E-state index contributed by atoms with van der Waals surface area (Å²) < 4.78 is 11.6. The highest BCUT2D eigenvalue weighted by molar-refractivity contribution is 5.94. The van der Waals surface area contributed by atoms with Gasteiger partial charge in [0.1, 0.15) is 18.1 Å². The minimum atomic E-state index is -0.345. The van der Waals surface area contributed by atoms with Crippen molar-refractivity contribution in [2.75, 3.05) is 6.61 Å². The third-order valence-electron chi connectivity index (χ3n) is 3.68. The zero-order valence-electron chi connectivity index (χ0n) is 14.3. The summed E-state index contributed by atoms with van der Waals surface area (Å²) in [6, 6.07) is 13.1. The Kier molecular flexibility index (Phi) is 6.21. The monoisotopic (exact) mass is 328 g/mol. The first-order chi connectivity index (χ1) is 11.6. The van der Waals surface area contributed by atoms with Gasteiger partial charge in [0.25, 0.3) is 5.91 Å². The Morgan fingerprint density at radius 1 is 1.12 bits per heavy atom. The first-order valence-electron chi connectivity index (χ1n) is 8.05. The number of para-hydroxylation sites is 1. The van der Waals surface area contributed by atoms with E-state index in [1.165, 1.54) is 0 Å². The molecule has 0 aromatic heterocycles. The van der Waals surface area contributed by atoms with E-state index >= 15 is 0 Å². The molecule has 2 aromatic carbocycles. The Morgan fingerprint density at radius 3 is 2.54 bits per heavy atom. The Balaban J connectivity index is 2.26. The van der Waals surface area contributed by atoms with Crippen LogP contribution in [0.15, 0.2) is 42.5 Å². The van der Waals surface area contributed by atoms with Crippen LogP contribution in [0.4, 0.5) is 0 Å². The van der Waals surface area contributed by atoms with Crippen LogP contribution in [0.5, 0.6) is 11.5 Å². The first kappa shape index (κ1) is 17.8. The molecule has 24 heavy (non-hydrogen) atoms. The quantitative estimate of drug-likeness (QED) is 0.464. The number of rotatable bonds is 7. The lowest BCUT2D eigenvalue weighted by Gasteiger charge is -2.16. The summed E-state index contributed by atoms with van der Waals surface area (Å²) in [6.07, 6.45) is 0. The third kappa shape index (κ3) is 4.26. The van der Waals surface area contributed by atoms with Crippen LogP contribution in [-0.4, -0.2) is 12.5 Å². The number of carbonyl (C=O) groups excluding carboxylic acids is 1. The Hall–Kier alpha value is -2.53. The predicted molar refractivity (Wildman–Crippen MR) is 94.1 cm³/mol. The topological polar surface area (TPSA) is 73.6 Å². The van der Waals surface area contributed by atoms with Gasteiger partial charge in [0, 0.05) is 11.1 Å². The molecule has 5 heteroatoms. The molecule has 0 bridgehead atoms. The molecule has 0 fully saturated rings. The van der Waals surface area contributed by atoms with Gasteiger partial charge in [0.2, 0.25) is 0 Å². The molecule has 0 heterocycles. The SMILES string of the molecule is CCOc1ccc(C(=O)NN)cc1COc1ccccc1C(C)C. The average molecular weight is 328 g/mol. The van der Waals surface area contributed by atoms with Gasteiger partial charge in [-0.1, -0.05) is 32.0 Å². The number of hydrogen-bond donors (Lipinski definition) is 2. The lowest BCUT2D eigenvalue weighted by molar-refractivity contribution is 0.0953. The molecule has 2 rings (SSSR count). The van der Waals surface area contributed by atoms with Crippen molar-refractivity contribution in [3.05, 3.63) is 59.2 Å². The standard InChI is InChI=1S/C19H24N2O3/c1-4-23-17-10-9-14(19(22)21-20)11-15(17)12-24-18-8-6-5-7-16(18)13(2)3/h5-11,13H,4,12,20H2,1-3H3,(H,21,22). The van der Waals surface area contributed by atoms with E-state index in [4.69, 9.17) is 15.3 Å². The molecule has 128 valence electrons. The molecule has 1 amide bonds. The van der Waals surface area contributed by atoms with E-state index in [0.717, 1.165) is 16.9 Å². The highest BCUT2D eigenvalue weighted by atomic mass is 16.5. The summed E-state index contributed by atoms with van der Waals surface area (Å²) in [5.74, 6) is 6.76. The number of hydrazine groups is 1. The number of ether oxygens (including phenoxy) is 2. The molecule has 0 saturated carbocycles. The van der Waals surface area contributed by atoms with E-state index in [9.17, 15) is 4.79 Å². The van der Waals surface area contributed by atoms with Crippen molar-refractivity contribution < 1.29 is 14.3 Å². The van der Waals surface area contributed by atoms with Crippen molar-refractivity contribution in [1.82, 2.24) is 5.43 Å². The largest absolute Gasteiger partial charge is 0.493 e. The van der Waals surface area contributed by atoms with Crippen molar-refractivity contribution in [3.8, 4) is 11.5 Å². The number of nitrogen functional groups attached to an aromatic ring is 1. The highest BCUT2D eigenvalue weighted by Gasteiger charge is 2.12. The van der Waals surface area contributed by atoms with Gasteiger partial charge in [-0.25, -0.2) is 5.84 Å². The molecule has 0 aliphatic heterocycles. The zero-order valence-corrected chi connectivity index (χ0v) is 14.3. The summed E-state index contributed by atoms with van der Waals surface area (Å²) in [6.45, 7) is 7.02. The summed E-state index contributed by atoms with van der Waals surface area (Å²) in [5, 5.41) is 0. The van der Waals surface area contributed by atoms with Crippen LogP contribution < -0.4 is 20.7 Å². The van der Waals surface area contributed by atoms with Crippen molar-refractivity contribution >= 4 is 5.91 Å². The number of nitrogens with one attached hydrogen (secondary N) is 1. The maximum atomic E-state index is 11.7. The van der Waals surface area contributed by atoms with Crippen LogP contribution in [0.1, 0.15) is 48.2 Å². The lowest BCUT2D eigenvalue weighted by Crippen LogP contribution is -2.30. The van der Waals surface area contributed by atoms with Gasteiger partial charge in [-0.2, -0.15) is 0 Å². The molecule has 0 spiro atoms. The molecular formula is C19H24N2O3. The van der Waals surface area contributed by atoms with E-state index in [-0.39, 0.29) is 5.91 Å². The summed E-state index contributed by atoms with van der Waals surface area (Å²) >= 11 is 0. The van der Waals surface area contributed by atoms with Gasteiger partial charge in [0.05, 0.1) is 6.61 Å². The summed E-state index contributed by atoms with van der Waals surface area (Å²) in [7, 11) is 0. The molecular weight excluding hydrogens is 304 g/mol. The normalized spacial score (nSPS) is 10.5. The second kappa shape index (κ2) is 8.36. The van der Waals surface area contributed by atoms with E-state index < -0.39 is 0 Å². The van der Waals surface area contributed by atoms with Crippen LogP contribution in [0.2, 0.25) is 0 Å². The zero-order chi connectivity index (χ0) is 17.5. The molecule has 5 nitrogen and oxygen atoms in total. The van der Waals surface area contributed by atoms with Crippen molar-refractivity contribution in [1.29, 1.82) is 0 Å². The molecule has 0 atom stereocenters. The van der Waals surface area contributed by atoms with Gasteiger partial charge in [0.15, 0.2) is 0 Å². The number of carbonyl (C=O) groups is 1. The second-order valence-corrected chi connectivity index (χ2v) is 5.71. The minimum absolute atomic E-state index is 0.310. The van der Waals surface area contributed by atoms with Gasteiger partial charge >= 0.3 is 0 Å². The van der Waals surface area contributed by atoms with E-state index in [2.05, 4.69) is 25.3 Å². The molecule has 2 aromatic rings. The van der Waals surface area contributed by atoms with E-state index in [1.54, 1.807) is 18.2 Å².